The van der Waals surface area contributed by atoms with Gasteiger partial charge in [-0.25, -0.2) is 0 Å². The van der Waals surface area contributed by atoms with Crippen molar-refractivity contribution in [1.82, 2.24) is 0 Å². The van der Waals surface area contributed by atoms with Crippen LogP contribution in [0.2, 0.25) is 0 Å². The molecule has 1 N–H and O–H groups in total. The van der Waals surface area contributed by atoms with Gasteiger partial charge in [0.25, 0.3) is 0 Å². The number of ether oxygens (including phenoxy) is 1. The highest BCUT2D eigenvalue weighted by Gasteiger charge is 2.24. The van der Waals surface area contributed by atoms with E-state index in [9.17, 15) is 5.11 Å². The van der Waals surface area contributed by atoms with Crippen LogP contribution in [0.4, 0.5) is 0 Å². The Bertz CT molecular complexity index is 533. The first-order valence-electron chi connectivity index (χ1n) is 7.27. The van der Waals surface area contributed by atoms with Gasteiger partial charge in [0.05, 0.1) is 6.10 Å². The molecule has 0 amide bonds. The number of hydrogen-bond acceptors (Lipinski definition) is 2. The van der Waals surface area contributed by atoms with Gasteiger partial charge in [0.2, 0.25) is 0 Å². The van der Waals surface area contributed by atoms with Crippen LogP contribution in [0, 0.1) is 0 Å². The fourth-order valence-electron chi connectivity index (χ4n) is 2.73. The third kappa shape index (κ3) is 3.40. The normalized spacial score (nSPS) is 21.9. The van der Waals surface area contributed by atoms with Crippen LogP contribution in [0.1, 0.15) is 30.4 Å². The fraction of sp³-hybridized carbons (Fsp3) is 0.333. The van der Waals surface area contributed by atoms with Gasteiger partial charge < -0.3 is 9.84 Å². The number of rotatable bonds is 4. The quantitative estimate of drug-likeness (QED) is 0.918. The third-order valence-electron chi connectivity index (χ3n) is 3.83. The highest BCUT2D eigenvalue weighted by atomic mass is 16.5. The molecule has 0 radical (unpaired) electrons. The monoisotopic (exact) mass is 268 g/mol. The Kier molecular flexibility index (Phi) is 4.03. The lowest BCUT2D eigenvalue weighted by molar-refractivity contribution is 0.150. The van der Waals surface area contributed by atoms with Crippen molar-refractivity contribution in [3.8, 4) is 5.75 Å². The van der Waals surface area contributed by atoms with E-state index in [0.717, 1.165) is 31.4 Å². The Labute approximate surface area is 120 Å². The summed E-state index contributed by atoms with van der Waals surface area (Å²) in [4.78, 5) is 0. The molecule has 0 aliphatic heterocycles. The number of hydrogen-bond donors (Lipinski definition) is 1. The average molecular weight is 268 g/mol. The van der Waals surface area contributed by atoms with Gasteiger partial charge in [0.15, 0.2) is 0 Å². The zero-order valence-electron chi connectivity index (χ0n) is 11.5. The minimum absolute atomic E-state index is 0.171. The lowest BCUT2D eigenvalue weighted by Gasteiger charge is -2.13. The van der Waals surface area contributed by atoms with Crippen LogP contribution in [-0.2, 0) is 6.42 Å². The molecule has 0 heterocycles. The Hall–Kier alpha value is -1.80. The second-order valence-corrected chi connectivity index (χ2v) is 5.51. The van der Waals surface area contributed by atoms with Crippen molar-refractivity contribution in [3.05, 3.63) is 65.7 Å². The summed E-state index contributed by atoms with van der Waals surface area (Å²) >= 11 is 0. The average Bonchev–Trinajstić information content (AvgIpc) is 2.88. The van der Waals surface area contributed by atoms with Gasteiger partial charge in [-0.3, -0.25) is 0 Å². The van der Waals surface area contributed by atoms with E-state index in [4.69, 9.17) is 4.74 Å². The minimum atomic E-state index is -0.183. The van der Waals surface area contributed by atoms with E-state index in [0.29, 0.717) is 0 Å². The van der Waals surface area contributed by atoms with Crippen LogP contribution in [0.15, 0.2) is 54.6 Å². The van der Waals surface area contributed by atoms with Gasteiger partial charge in [-0.05, 0) is 42.5 Å². The number of benzene rings is 2. The van der Waals surface area contributed by atoms with Crippen LogP contribution in [0.25, 0.3) is 0 Å². The van der Waals surface area contributed by atoms with Gasteiger partial charge >= 0.3 is 0 Å². The van der Waals surface area contributed by atoms with Crippen molar-refractivity contribution in [2.75, 3.05) is 0 Å². The zero-order chi connectivity index (χ0) is 13.8. The summed E-state index contributed by atoms with van der Waals surface area (Å²) in [5, 5.41) is 9.51. The molecule has 2 atom stereocenters. The van der Waals surface area contributed by atoms with E-state index in [1.54, 1.807) is 0 Å². The van der Waals surface area contributed by atoms with E-state index >= 15 is 0 Å². The molecule has 20 heavy (non-hydrogen) atoms. The van der Waals surface area contributed by atoms with Crippen LogP contribution >= 0.6 is 0 Å². The molecule has 2 heteroatoms. The molecule has 2 unspecified atom stereocenters. The second kappa shape index (κ2) is 6.10. The van der Waals surface area contributed by atoms with Crippen LogP contribution in [0.3, 0.4) is 0 Å². The predicted octanol–water partition coefficient (Wildman–Crippen LogP) is 3.57. The molecule has 2 aromatic carbocycles. The molecule has 0 spiro atoms. The maximum atomic E-state index is 9.51. The van der Waals surface area contributed by atoms with Gasteiger partial charge in [-0.15, -0.1) is 0 Å². The maximum absolute atomic E-state index is 9.51. The highest BCUT2D eigenvalue weighted by molar-refractivity contribution is 5.31. The standard InChI is InChI=1S/C18H20O2/c19-16-8-11-18(13-16)20-17-9-6-15(7-10-17)12-14-4-2-1-3-5-14/h1-7,9-10,16,18-19H,8,11-13H2. The van der Waals surface area contributed by atoms with Crippen LogP contribution in [0.5, 0.6) is 5.75 Å². The van der Waals surface area contributed by atoms with Crippen LogP contribution < -0.4 is 4.74 Å². The molecule has 1 aliphatic rings. The summed E-state index contributed by atoms with van der Waals surface area (Å²) < 4.78 is 5.89. The lowest BCUT2D eigenvalue weighted by atomic mass is 10.1. The molecule has 1 fully saturated rings. The molecule has 1 saturated carbocycles. The molecule has 104 valence electrons. The van der Waals surface area contributed by atoms with E-state index in [2.05, 4.69) is 36.4 Å². The molecular formula is C18H20O2. The molecular weight excluding hydrogens is 248 g/mol. The molecule has 2 aromatic rings. The first-order chi connectivity index (χ1) is 9.79. The molecule has 0 bridgehead atoms. The van der Waals surface area contributed by atoms with Gasteiger partial charge in [-0.2, -0.15) is 0 Å². The highest BCUT2D eigenvalue weighted by Crippen LogP contribution is 2.25. The van der Waals surface area contributed by atoms with Gasteiger partial charge in [0, 0.05) is 6.42 Å². The second-order valence-electron chi connectivity index (χ2n) is 5.51. The molecule has 1 aliphatic carbocycles. The van der Waals surface area contributed by atoms with Crippen LogP contribution in [-0.4, -0.2) is 17.3 Å². The van der Waals surface area contributed by atoms with E-state index < -0.39 is 0 Å². The van der Waals surface area contributed by atoms with Crippen molar-refractivity contribution in [1.29, 1.82) is 0 Å². The number of aliphatic hydroxyl groups excluding tert-OH is 1. The van der Waals surface area contributed by atoms with Crippen molar-refractivity contribution in [2.24, 2.45) is 0 Å². The van der Waals surface area contributed by atoms with Gasteiger partial charge in [-0.1, -0.05) is 42.5 Å². The molecule has 3 rings (SSSR count). The maximum Gasteiger partial charge on any atom is 0.119 e. The summed E-state index contributed by atoms with van der Waals surface area (Å²) in [6.45, 7) is 0. The summed E-state index contributed by atoms with van der Waals surface area (Å²) in [7, 11) is 0. The predicted molar refractivity (Wildman–Crippen MR) is 80.0 cm³/mol. The Morgan fingerprint density at radius 1 is 0.900 bits per heavy atom. The van der Waals surface area contributed by atoms with Crippen molar-refractivity contribution >= 4 is 0 Å². The summed E-state index contributed by atoms with van der Waals surface area (Å²) in [6, 6.07) is 18.8. The molecule has 0 saturated heterocycles. The van der Waals surface area contributed by atoms with Crippen molar-refractivity contribution in [3.63, 3.8) is 0 Å². The first-order valence-corrected chi connectivity index (χ1v) is 7.27. The van der Waals surface area contributed by atoms with Crippen molar-refractivity contribution < 1.29 is 9.84 Å². The van der Waals surface area contributed by atoms with E-state index in [-0.39, 0.29) is 12.2 Å². The Morgan fingerprint density at radius 3 is 2.25 bits per heavy atom. The SMILES string of the molecule is OC1CCC(Oc2ccc(Cc3ccccc3)cc2)C1. The first kappa shape index (κ1) is 13.2. The van der Waals surface area contributed by atoms with E-state index in [1.165, 1.54) is 11.1 Å². The Morgan fingerprint density at radius 2 is 1.60 bits per heavy atom. The third-order valence-corrected chi connectivity index (χ3v) is 3.83. The number of aliphatic hydroxyl groups is 1. The Balaban J connectivity index is 1.60. The fourth-order valence-corrected chi connectivity index (χ4v) is 2.73. The largest absolute Gasteiger partial charge is 0.490 e. The van der Waals surface area contributed by atoms with E-state index in [1.807, 2.05) is 18.2 Å². The summed E-state index contributed by atoms with van der Waals surface area (Å²) in [5.41, 5.74) is 2.61. The smallest absolute Gasteiger partial charge is 0.119 e. The summed E-state index contributed by atoms with van der Waals surface area (Å²) in [5.74, 6) is 0.904. The summed E-state index contributed by atoms with van der Waals surface area (Å²) in [6.07, 6.45) is 3.50. The topological polar surface area (TPSA) is 29.5 Å². The lowest BCUT2D eigenvalue weighted by Crippen LogP contribution is -2.13. The minimum Gasteiger partial charge on any atom is -0.490 e. The van der Waals surface area contributed by atoms with Gasteiger partial charge in [0.1, 0.15) is 11.9 Å². The molecule has 0 aromatic heterocycles. The zero-order valence-corrected chi connectivity index (χ0v) is 11.5. The van der Waals surface area contributed by atoms with Crippen molar-refractivity contribution in [2.45, 2.75) is 37.9 Å². The molecule has 2 nitrogen and oxygen atoms in total.